The number of hydrogen-bond donors (Lipinski definition) is 1. The molecule has 23 heavy (non-hydrogen) atoms. The molecule has 0 bridgehead atoms. The molecule has 1 N–H and O–H groups in total. The third-order valence-electron chi connectivity index (χ3n) is 3.08. The number of rotatable bonds is 6. The second kappa shape index (κ2) is 7.10. The summed E-state index contributed by atoms with van der Waals surface area (Å²) in [6.45, 7) is 2.24. The Kier molecular flexibility index (Phi) is 4.72. The molecule has 0 saturated carbocycles. The normalized spacial score (nSPS) is 12.0. The first kappa shape index (κ1) is 15.3. The van der Waals surface area contributed by atoms with Crippen LogP contribution in [-0.2, 0) is 11.3 Å². The monoisotopic (exact) mass is 329 g/mol. The third kappa shape index (κ3) is 3.98. The highest BCUT2D eigenvalue weighted by atomic mass is 32.2. The summed E-state index contributed by atoms with van der Waals surface area (Å²) in [4.78, 5) is 12.2. The number of amides is 1. The molecular weight excluding hydrogens is 314 g/mol. The van der Waals surface area contributed by atoms with Crippen molar-refractivity contribution in [3.8, 4) is 0 Å². The van der Waals surface area contributed by atoms with Crippen LogP contribution in [0.25, 0.3) is 0 Å². The second-order valence-electron chi connectivity index (χ2n) is 4.81. The summed E-state index contributed by atoms with van der Waals surface area (Å²) in [6.07, 6.45) is 1.60. The van der Waals surface area contributed by atoms with Crippen molar-refractivity contribution >= 4 is 23.4 Å². The zero-order valence-electron chi connectivity index (χ0n) is 12.4. The van der Waals surface area contributed by atoms with Crippen molar-refractivity contribution in [3.05, 3.63) is 54.5 Å². The molecule has 7 nitrogen and oxygen atoms in total. The largest absolute Gasteiger partial charge is 0.467 e. The molecule has 0 fully saturated rings. The SMILES string of the molecule is CC(Sc1nnnn1Cc1ccco1)C(=O)Nc1ccccc1. The maximum Gasteiger partial charge on any atom is 0.237 e. The number of para-hydroxylation sites is 1. The van der Waals surface area contributed by atoms with Gasteiger partial charge < -0.3 is 9.73 Å². The lowest BCUT2D eigenvalue weighted by Gasteiger charge is -2.11. The first-order chi connectivity index (χ1) is 11.2. The fourth-order valence-corrected chi connectivity index (χ4v) is 2.70. The van der Waals surface area contributed by atoms with Crippen LogP contribution in [0.4, 0.5) is 5.69 Å². The van der Waals surface area contributed by atoms with Gasteiger partial charge in [-0.05, 0) is 41.6 Å². The van der Waals surface area contributed by atoms with Gasteiger partial charge in [-0.3, -0.25) is 4.79 Å². The number of aromatic nitrogens is 4. The molecule has 0 spiro atoms. The van der Waals surface area contributed by atoms with Crippen LogP contribution in [0.1, 0.15) is 12.7 Å². The van der Waals surface area contributed by atoms with E-state index in [1.54, 1.807) is 10.9 Å². The fourth-order valence-electron chi connectivity index (χ4n) is 1.91. The van der Waals surface area contributed by atoms with Crippen LogP contribution in [0.3, 0.4) is 0 Å². The highest BCUT2D eigenvalue weighted by Crippen LogP contribution is 2.22. The van der Waals surface area contributed by atoms with Crippen molar-refractivity contribution in [2.24, 2.45) is 0 Å². The van der Waals surface area contributed by atoms with E-state index in [4.69, 9.17) is 4.42 Å². The van der Waals surface area contributed by atoms with Gasteiger partial charge in [-0.15, -0.1) is 5.10 Å². The Morgan fingerprint density at radius 1 is 1.30 bits per heavy atom. The Bertz CT molecular complexity index is 757. The van der Waals surface area contributed by atoms with Gasteiger partial charge in [0.25, 0.3) is 0 Å². The predicted molar refractivity (Wildman–Crippen MR) is 86.0 cm³/mol. The van der Waals surface area contributed by atoms with Crippen molar-refractivity contribution in [1.82, 2.24) is 20.2 Å². The number of nitrogens with zero attached hydrogens (tertiary/aromatic N) is 4. The number of nitrogens with one attached hydrogen (secondary N) is 1. The second-order valence-corrected chi connectivity index (χ2v) is 6.12. The Hall–Kier alpha value is -2.61. The minimum Gasteiger partial charge on any atom is -0.467 e. The van der Waals surface area contributed by atoms with E-state index >= 15 is 0 Å². The van der Waals surface area contributed by atoms with Gasteiger partial charge in [0.2, 0.25) is 11.1 Å². The maximum atomic E-state index is 12.2. The zero-order valence-corrected chi connectivity index (χ0v) is 13.2. The molecule has 1 amide bonds. The molecule has 1 aromatic carbocycles. The summed E-state index contributed by atoms with van der Waals surface area (Å²) in [7, 11) is 0. The van der Waals surface area contributed by atoms with E-state index in [0.29, 0.717) is 11.7 Å². The van der Waals surface area contributed by atoms with E-state index in [-0.39, 0.29) is 11.2 Å². The molecule has 1 atom stereocenters. The third-order valence-corrected chi connectivity index (χ3v) is 4.15. The molecule has 8 heteroatoms. The van der Waals surface area contributed by atoms with Crippen molar-refractivity contribution in [2.45, 2.75) is 23.9 Å². The van der Waals surface area contributed by atoms with Gasteiger partial charge in [0.15, 0.2) is 0 Å². The predicted octanol–water partition coefficient (Wildman–Crippen LogP) is 2.43. The number of benzene rings is 1. The van der Waals surface area contributed by atoms with Gasteiger partial charge >= 0.3 is 0 Å². The molecule has 2 aromatic heterocycles. The van der Waals surface area contributed by atoms with Crippen LogP contribution in [-0.4, -0.2) is 31.4 Å². The molecular formula is C15H15N5O2S. The van der Waals surface area contributed by atoms with Crippen LogP contribution >= 0.6 is 11.8 Å². The number of hydrogen-bond acceptors (Lipinski definition) is 6. The molecule has 118 valence electrons. The van der Waals surface area contributed by atoms with Gasteiger partial charge in [0, 0.05) is 5.69 Å². The minimum atomic E-state index is -0.337. The maximum absolute atomic E-state index is 12.2. The summed E-state index contributed by atoms with van der Waals surface area (Å²) >= 11 is 1.30. The summed E-state index contributed by atoms with van der Waals surface area (Å²) < 4.78 is 6.90. The molecule has 2 heterocycles. The number of carbonyl (C=O) groups excluding carboxylic acids is 1. The molecule has 0 radical (unpaired) electrons. The van der Waals surface area contributed by atoms with Crippen LogP contribution in [0.15, 0.2) is 58.3 Å². The highest BCUT2D eigenvalue weighted by molar-refractivity contribution is 8.00. The molecule has 0 aliphatic carbocycles. The number of tetrazole rings is 1. The lowest BCUT2D eigenvalue weighted by atomic mass is 10.3. The average Bonchev–Trinajstić information content (AvgIpc) is 3.21. The smallest absolute Gasteiger partial charge is 0.237 e. The average molecular weight is 329 g/mol. The van der Waals surface area contributed by atoms with Crippen molar-refractivity contribution in [3.63, 3.8) is 0 Å². The highest BCUT2D eigenvalue weighted by Gasteiger charge is 2.19. The molecule has 3 rings (SSSR count). The molecule has 0 saturated heterocycles. The Morgan fingerprint density at radius 3 is 2.87 bits per heavy atom. The van der Waals surface area contributed by atoms with Crippen LogP contribution < -0.4 is 5.32 Å². The molecule has 0 aliphatic heterocycles. The van der Waals surface area contributed by atoms with E-state index in [1.165, 1.54) is 11.8 Å². The van der Waals surface area contributed by atoms with Gasteiger partial charge in [0.05, 0.1) is 11.5 Å². The number of furan rings is 1. The topological polar surface area (TPSA) is 85.8 Å². The van der Waals surface area contributed by atoms with Crippen LogP contribution in [0, 0.1) is 0 Å². The van der Waals surface area contributed by atoms with E-state index in [0.717, 1.165) is 11.4 Å². The summed E-state index contributed by atoms with van der Waals surface area (Å²) in [5.41, 5.74) is 0.764. The number of anilines is 1. The molecule has 0 aliphatic rings. The lowest BCUT2D eigenvalue weighted by Crippen LogP contribution is -2.23. The lowest BCUT2D eigenvalue weighted by molar-refractivity contribution is -0.115. The van der Waals surface area contributed by atoms with Crippen LogP contribution in [0.2, 0.25) is 0 Å². The van der Waals surface area contributed by atoms with Crippen molar-refractivity contribution < 1.29 is 9.21 Å². The van der Waals surface area contributed by atoms with E-state index in [1.807, 2.05) is 49.4 Å². The van der Waals surface area contributed by atoms with Crippen LogP contribution in [0.5, 0.6) is 0 Å². The zero-order chi connectivity index (χ0) is 16.1. The van der Waals surface area contributed by atoms with Gasteiger partial charge in [0.1, 0.15) is 12.3 Å². The quantitative estimate of drug-likeness (QED) is 0.699. The first-order valence-electron chi connectivity index (χ1n) is 7.03. The first-order valence-corrected chi connectivity index (χ1v) is 7.91. The summed E-state index contributed by atoms with van der Waals surface area (Å²) in [5.74, 6) is 0.647. The summed E-state index contributed by atoms with van der Waals surface area (Å²) in [5, 5.41) is 14.7. The van der Waals surface area contributed by atoms with Gasteiger partial charge in [-0.25, -0.2) is 4.68 Å². The minimum absolute atomic E-state index is 0.103. The van der Waals surface area contributed by atoms with Gasteiger partial charge in [-0.2, -0.15) is 0 Å². The van der Waals surface area contributed by atoms with E-state index in [2.05, 4.69) is 20.8 Å². The number of carbonyl (C=O) groups is 1. The Labute approximate surface area is 137 Å². The van der Waals surface area contributed by atoms with E-state index in [9.17, 15) is 4.79 Å². The Balaban J connectivity index is 1.62. The molecule has 3 aromatic rings. The van der Waals surface area contributed by atoms with E-state index < -0.39 is 0 Å². The standard InChI is InChI=1S/C15H15N5O2S/c1-11(14(21)16-12-6-3-2-4-7-12)23-15-17-18-19-20(15)10-13-8-5-9-22-13/h2-9,11H,10H2,1H3,(H,16,21). The fraction of sp³-hybridized carbons (Fsp3) is 0.200. The Morgan fingerprint density at radius 2 is 2.13 bits per heavy atom. The van der Waals surface area contributed by atoms with Gasteiger partial charge in [-0.1, -0.05) is 30.0 Å². The van der Waals surface area contributed by atoms with Crippen molar-refractivity contribution in [2.75, 3.05) is 5.32 Å². The van der Waals surface area contributed by atoms with Crippen molar-refractivity contribution in [1.29, 1.82) is 0 Å². The number of thioether (sulfide) groups is 1. The molecule has 1 unspecified atom stereocenters. The summed E-state index contributed by atoms with van der Waals surface area (Å²) in [6, 6.07) is 13.0.